The second-order valence-electron chi connectivity index (χ2n) is 4.71. The largest absolute Gasteiger partial charge is 0.481 e. The highest BCUT2D eigenvalue weighted by atomic mass is 16.4. The van der Waals surface area contributed by atoms with Crippen molar-refractivity contribution >= 4 is 5.97 Å². The van der Waals surface area contributed by atoms with Crippen LogP contribution in [0.4, 0.5) is 0 Å². The van der Waals surface area contributed by atoms with Crippen molar-refractivity contribution in [1.82, 2.24) is 0 Å². The molecule has 21 heavy (non-hydrogen) atoms. The Morgan fingerprint density at radius 3 is 2.86 bits per heavy atom. The Morgan fingerprint density at radius 1 is 1.38 bits per heavy atom. The molecule has 0 saturated carbocycles. The van der Waals surface area contributed by atoms with E-state index in [-0.39, 0.29) is 0 Å². The predicted octanol–water partition coefficient (Wildman–Crippen LogP) is 3.98. The molecule has 3 heteroatoms. The Kier molecular flexibility index (Phi) is 8.26. The topological polar surface area (TPSA) is 50.4 Å². The molecule has 0 spiro atoms. The zero-order valence-corrected chi connectivity index (χ0v) is 12.0. The van der Waals surface area contributed by atoms with E-state index in [9.17, 15) is 9.90 Å². The van der Waals surface area contributed by atoms with Gasteiger partial charge in [0.2, 0.25) is 0 Å². The number of carbonyl (C=O) groups is 1. The summed E-state index contributed by atoms with van der Waals surface area (Å²) >= 11 is 0. The van der Waals surface area contributed by atoms with E-state index in [4.69, 9.17) is 10.8 Å². The Labute approximate surface area is 126 Å². The summed E-state index contributed by atoms with van der Waals surface area (Å²) in [6, 6.07) is 3.45. The number of unbranched alkanes of at least 4 members (excludes halogenated alkanes) is 4. The van der Waals surface area contributed by atoms with E-state index in [2.05, 4.69) is 17.8 Å². The van der Waals surface area contributed by atoms with Gasteiger partial charge < -0.3 is 9.52 Å². The Hall–Kier alpha value is -2.39. The maximum absolute atomic E-state index is 11.2. The van der Waals surface area contributed by atoms with Gasteiger partial charge in [-0.25, -0.2) is 0 Å². The van der Waals surface area contributed by atoms with Gasteiger partial charge >= 0.3 is 5.97 Å². The lowest BCUT2D eigenvalue weighted by atomic mass is 9.98. The van der Waals surface area contributed by atoms with Gasteiger partial charge in [-0.15, -0.1) is 6.42 Å². The molecule has 0 aliphatic carbocycles. The van der Waals surface area contributed by atoms with E-state index in [1.807, 2.05) is 6.08 Å². The third-order valence-corrected chi connectivity index (χ3v) is 3.14. The minimum atomic E-state index is -0.819. The monoisotopic (exact) mass is 284 g/mol. The SMILES string of the molecule is C#CC#C/C=C/CCCCCCC(C(=O)O)c1ccco1. The summed E-state index contributed by atoms with van der Waals surface area (Å²) in [5, 5.41) is 9.19. The molecule has 0 radical (unpaired) electrons. The molecule has 1 atom stereocenters. The van der Waals surface area contributed by atoms with Gasteiger partial charge in [-0.1, -0.05) is 31.3 Å². The molecular formula is C18H20O3. The number of hydrogen-bond donors (Lipinski definition) is 1. The number of allylic oxidation sites excluding steroid dienone is 2. The van der Waals surface area contributed by atoms with Crippen LogP contribution in [-0.4, -0.2) is 11.1 Å². The van der Waals surface area contributed by atoms with Crippen molar-refractivity contribution < 1.29 is 14.3 Å². The quantitative estimate of drug-likeness (QED) is 0.551. The minimum Gasteiger partial charge on any atom is -0.481 e. The first-order chi connectivity index (χ1) is 10.3. The molecule has 1 aromatic rings. The first-order valence-electron chi connectivity index (χ1n) is 7.13. The van der Waals surface area contributed by atoms with Crippen molar-refractivity contribution in [2.24, 2.45) is 0 Å². The van der Waals surface area contributed by atoms with E-state index in [0.717, 1.165) is 32.1 Å². The standard InChI is InChI=1S/C18H20O3/c1-2-3-4-5-6-7-8-9-10-11-13-16(18(19)20)17-14-12-15-21-17/h1,5-6,12,14-16H,7-11,13H2,(H,19,20)/b6-5+. The van der Waals surface area contributed by atoms with Gasteiger partial charge in [-0.3, -0.25) is 4.79 Å². The lowest BCUT2D eigenvalue weighted by Gasteiger charge is -2.09. The van der Waals surface area contributed by atoms with Crippen LogP contribution in [0.15, 0.2) is 35.0 Å². The predicted molar refractivity (Wildman–Crippen MR) is 82.5 cm³/mol. The van der Waals surface area contributed by atoms with Crippen molar-refractivity contribution in [2.45, 2.75) is 44.4 Å². The van der Waals surface area contributed by atoms with Crippen LogP contribution in [-0.2, 0) is 4.79 Å². The lowest BCUT2D eigenvalue weighted by Crippen LogP contribution is -2.10. The first-order valence-corrected chi connectivity index (χ1v) is 7.13. The molecule has 1 heterocycles. The summed E-state index contributed by atoms with van der Waals surface area (Å²) in [4.78, 5) is 11.2. The summed E-state index contributed by atoms with van der Waals surface area (Å²) in [6.45, 7) is 0. The molecule has 0 aliphatic heterocycles. The summed E-state index contributed by atoms with van der Waals surface area (Å²) in [5.41, 5.74) is 0. The van der Waals surface area contributed by atoms with E-state index in [1.165, 1.54) is 6.26 Å². The second kappa shape index (κ2) is 10.4. The fraction of sp³-hybridized carbons (Fsp3) is 0.389. The normalized spacial score (nSPS) is 11.6. The van der Waals surface area contributed by atoms with Gasteiger partial charge in [0, 0.05) is 0 Å². The molecule has 110 valence electrons. The highest BCUT2D eigenvalue weighted by Crippen LogP contribution is 2.23. The number of hydrogen-bond acceptors (Lipinski definition) is 2. The van der Waals surface area contributed by atoms with Gasteiger partial charge in [0.15, 0.2) is 0 Å². The third-order valence-electron chi connectivity index (χ3n) is 3.14. The van der Waals surface area contributed by atoms with E-state index in [1.54, 1.807) is 18.2 Å². The number of furan rings is 1. The molecule has 0 amide bonds. The van der Waals surface area contributed by atoms with Crippen LogP contribution >= 0.6 is 0 Å². The molecular weight excluding hydrogens is 264 g/mol. The van der Waals surface area contributed by atoms with Crippen molar-refractivity contribution in [1.29, 1.82) is 0 Å². The number of carboxylic acids is 1. The molecule has 1 N–H and O–H groups in total. The number of aliphatic carboxylic acids is 1. The second-order valence-corrected chi connectivity index (χ2v) is 4.71. The maximum Gasteiger partial charge on any atom is 0.314 e. The summed E-state index contributed by atoms with van der Waals surface area (Å²) in [5.74, 6) is 6.70. The van der Waals surface area contributed by atoms with Crippen LogP contribution in [0, 0.1) is 24.2 Å². The van der Waals surface area contributed by atoms with Gasteiger partial charge in [0.25, 0.3) is 0 Å². The molecule has 0 aromatic carbocycles. The Bertz CT molecular complexity index is 535. The van der Waals surface area contributed by atoms with Crippen molar-refractivity contribution in [3.63, 3.8) is 0 Å². The zero-order valence-electron chi connectivity index (χ0n) is 12.0. The number of carboxylic acid groups (broad SMARTS) is 1. The molecule has 0 aliphatic rings. The van der Waals surface area contributed by atoms with Crippen molar-refractivity contribution in [2.75, 3.05) is 0 Å². The Balaban J connectivity index is 2.14. The highest BCUT2D eigenvalue weighted by molar-refractivity contribution is 5.75. The highest BCUT2D eigenvalue weighted by Gasteiger charge is 2.21. The molecule has 1 unspecified atom stereocenters. The van der Waals surface area contributed by atoms with Crippen molar-refractivity contribution in [3.05, 3.63) is 36.3 Å². The van der Waals surface area contributed by atoms with Crippen LogP contribution in [0.3, 0.4) is 0 Å². The number of rotatable bonds is 9. The smallest absolute Gasteiger partial charge is 0.314 e. The molecule has 1 aromatic heterocycles. The fourth-order valence-corrected chi connectivity index (χ4v) is 2.07. The lowest BCUT2D eigenvalue weighted by molar-refractivity contribution is -0.139. The summed E-state index contributed by atoms with van der Waals surface area (Å²) in [6.07, 6.45) is 16.0. The first kappa shape index (κ1) is 16.7. The van der Waals surface area contributed by atoms with E-state index in [0.29, 0.717) is 12.2 Å². The molecule has 0 saturated heterocycles. The minimum absolute atomic E-state index is 0.529. The van der Waals surface area contributed by atoms with Crippen LogP contribution in [0.1, 0.15) is 50.2 Å². The average molecular weight is 284 g/mol. The third kappa shape index (κ3) is 7.09. The van der Waals surface area contributed by atoms with Crippen LogP contribution in [0.5, 0.6) is 0 Å². The van der Waals surface area contributed by atoms with Crippen molar-refractivity contribution in [3.8, 4) is 24.2 Å². The zero-order chi connectivity index (χ0) is 15.3. The van der Waals surface area contributed by atoms with Gasteiger partial charge in [-0.2, -0.15) is 0 Å². The van der Waals surface area contributed by atoms with Crippen LogP contribution in [0.2, 0.25) is 0 Å². The van der Waals surface area contributed by atoms with E-state index >= 15 is 0 Å². The summed E-state index contributed by atoms with van der Waals surface area (Å²) in [7, 11) is 0. The average Bonchev–Trinajstić information content (AvgIpc) is 2.98. The van der Waals surface area contributed by atoms with Crippen LogP contribution < -0.4 is 0 Å². The molecule has 3 nitrogen and oxygen atoms in total. The fourth-order valence-electron chi connectivity index (χ4n) is 2.07. The molecule has 0 fully saturated rings. The van der Waals surface area contributed by atoms with Crippen LogP contribution in [0.25, 0.3) is 0 Å². The summed E-state index contributed by atoms with van der Waals surface area (Å²) < 4.78 is 5.18. The van der Waals surface area contributed by atoms with Gasteiger partial charge in [-0.05, 0) is 49.3 Å². The Morgan fingerprint density at radius 2 is 2.19 bits per heavy atom. The van der Waals surface area contributed by atoms with Gasteiger partial charge in [0.1, 0.15) is 11.7 Å². The van der Waals surface area contributed by atoms with Gasteiger partial charge in [0.05, 0.1) is 6.26 Å². The maximum atomic E-state index is 11.2. The molecule has 1 rings (SSSR count). The number of terminal acetylenes is 1. The van der Waals surface area contributed by atoms with E-state index < -0.39 is 11.9 Å². The molecule has 0 bridgehead atoms.